The molecule has 0 saturated carbocycles. The average molecular weight is 279 g/mol. The van der Waals surface area contributed by atoms with Crippen molar-refractivity contribution in [1.82, 2.24) is 14.9 Å². The molecule has 0 spiro atoms. The van der Waals surface area contributed by atoms with E-state index in [1.165, 1.54) is 35.0 Å². The van der Waals surface area contributed by atoms with Gasteiger partial charge in [0.2, 0.25) is 0 Å². The zero-order chi connectivity index (χ0) is 12.4. The van der Waals surface area contributed by atoms with Gasteiger partial charge in [-0.2, -0.15) is 0 Å². The van der Waals surface area contributed by atoms with Crippen LogP contribution in [0.5, 0.6) is 0 Å². The quantitative estimate of drug-likeness (QED) is 0.863. The maximum absolute atomic E-state index is 4.55. The third kappa shape index (κ3) is 2.79. The van der Waals surface area contributed by atoms with E-state index in [9.17, 15) is 0 Å². The Morgan fingerprint density at radius 2 is 2.39 bits per heavy atom. The number of nitrogens with zero attached hydrogens (tertiary/aromatic N) is 3. The molecular weight excluding hydrogens is 262 g/mol. The van der Waals surface area contributed by atoms with Crippen molar-refractivity contribution < 1.29 is 0 Å². The summed E-state index contributed by atoms with van der Waals surface area (Å²) in [6, 6.07) is 0. The van der Waals surface area contributed by atoms with Gasteiger partial charge in [-0.1, -0.05) is 0 Å². The zero-order valence-corrected chi connectivity index (χ0v) is 12.1. The maximum Gasteiger partial charge on any atom is 0.0971 e. The van der Waals surface area contributed by atoms with E-state index >= 15 is 0 Å². The largest absolute Gasteiger partial charge is 0.297 e. The summed E-state index contributed by atoms with van der Waals surface area (Å²) in [5.74, 6) is 0.621. The van der Waals surface area contributed by atoms with E-state index in [1.807, 2.05) is 23.0 Å². The topological polar surface area (TPSA) is 29.0 Å². The Balaban J connectivity index is 1.65. The lowest BCUT2D eigenvalue weighted by Gasteiger charge is -2.31. The summed E-state index contributed by atoms with van der Waals surface area (Å²) in [6.07, 6.45) is 4.55. The van der Waals surface area contributed by atoms with Crippen LogP contribution < -0.4 is 0 Å². The molecule has 0 radical (unpaired) electrons. The number of aryl methyl sites for hydroxylation is 1. The van der Waals surface area contributed by atoms with Gasteiger partial charge < -0.3 is 0 Å². The SMILES string of the molecule is Cc1cnc([C@@H]2CCCN(Cc3cscn3)C2)s1. The summed E-state index contributed by atoms with van der Waals surface area (Å²) < 4.78 is 0. The van der Waals surface area contributed by atoms with Crippen molar-refractivity contribution in [2.45, 2.75) is 32.2 Å². The molecule has 0 N–H and O–H groups in total. The number of thiazole rings is 2. The normalized spacial score (nSPS) is 21.3. The minimum Gasteiger partial charge on any atom is -0.297 e. The Hall–Kier alpha value is -0.780. The molecule has 96 valence electrons. The van der Waals surface area contributed by atoms with Crippen LogP contribution in [0.3, 0.4) is 0 Å². The summed E-state index contributed by atoms with van der Waals surface area (Å²) in [5.41, 5.74) is 3.12. The molecule has 1 aliphatic rings. The molecule has 5 heteroatoms. The lowest BCUT2D eigenvalue weighted by Crippen LogP contribution is -2.33. The predicted octanol–water partition coefficient (Wildman–Crippen LogP) is 3.29. The molecule has 0 bridgehead atoms. The van der Waals surface area contributed by atoms with Crippen LogP contribution in [-0.4, -0.2) is 28.0 Å². The Morgan fingerprint density at radius 3 is 3.11 bits per heavy atom. The minimum absolute atomic E-state index is 0.621. The number of hydrogen-bond donors (Lipinski definition) is 0. The molecule has 0 aliphatic carbocycles. The van der Waals surface area contributed by atoms with Crippen LogP contribution in [0.25, 0.3) is 0 Å². The molecule has 0 amide bonds. The lowest BCUT2D eigenvalue weighted by atomic mass is 9.99. The molecule has 2 aromatic rings. The van der Waals surface area contributed by atoms with Gasteiger partial charge in [0.1, 0.15) is 0 Å². The van der Waals surface area contributed by atoms with Crippen LogP contribution in [0.4, 0.5) is 0 Å². The number of piperidine rings is 1. The van der Waals surface area contributed by atoms with Crippen molar-refractivity contribution in [3.05, 3.63) is 32.7 Å². The highest BCUT2D eigenvalue weighted by molar-refractivity contribution is 7.11. The van der Waals surface area contributed by atoms with E-state index in [0.29, 0.717) is 5.92 Å². The second-order valence-corrected chi connectivity index (χ2v) is 6.85. The molecule has 1 fully saturated rings. The summed E-state index contributed by atoms with van der Waals surface area (Å²) in [6.45, 7) is 5.45. The van der Waals surface area contributed by atoms with Crippen molar-refractivity contribution in [3.8, 4) is 0 Å². The average Bonchev–Trinajstić information content (AvgIpc) is 3.01. The molecule has 2 aromatic heterocycles. The summed E-state index contributed by atoms with van der Waals surface area (Å²) in [7, 11) is 0. The van der Waals surface area contributed by atoms with Crippen molar-refractivity contribution in [2.24, 2.45) is 0 Å². The molecule has 18 heavy (non-hydrogen) atoms. The highest BCUT2D eigenvalue weighted by Gasteiger charge is 2.23. The first-order chi connectivity index (χ1) is 8.81. The van der Waals surface area contributed by atoms with Crippen LogP contribution in [-0.2, 0) is 6.54 Å². The third-order valence-corrected chi connectivity index (χ3v) is 5.07. The first-order valence-electron chi connectivity index (χ1n) is 6.33. The van der Waals surface area contributed by atoms with Crippen LogP contribution in [0.15, 0.2) is 17.1 Å². The van der Waals surface area contributed by atoms with Crippen molar-refractivity contribution in [3.63, 3.8) is 0 Å². The van der Waals surface area contributed by atoms with E-state index in [1.54, 1.807) is 11.3 Å². The van der Waals surface area contributed by atoms with Gasteiger partial charge in [-0.05, 0) is 26.3 Å². The van der Waals surface area contributed by atoms with Crippen molar-refractivity contribution in [1.29, 1.82) is 0 Å². The van der Waals surface area contributed by atoms with Crippen LogP contribution in [0.1, 0.15) is 34.3 Å². The second kappa shape index (κ2) is 5.47. The van der Waals surface area contributed by atoms with E-state index in [2.05, 4.69) is 27.2 Å². The molecule has 3 rings (SSSR count). The highest BCUT2D eigenvalue weighted by Crippen LogP contribution is 2.30. The van der Waals surface area contributed by atoms with Gasteiger partial charge in [0, 0.05) is 35.5 Å². The fraction of sp³-hybridized carbons (Fsp3) is 0.538. The monoisotopic (exact) mass is 279 g/mol. The van der Waals surface area contributed by atoms with Crippen molar-refractivity contribution in [2.75, 3.05) is 13.1 Å². The lowest BCUT2D eigenvalue weighted by molar-refractivity contribution is 0.198. The smallest absolute Gasteiger partial charge is 0.0971 e. The first-order valence-corrected chi connectivity index (χ1v) is 8.09. The number of hydrogen-bond acceptors (Lipinski definition) is 5. The van der Waals surface area contributed by atoms with E-state index < -0.39 is 0 Å². The minimum atomic E-state index is 0.621. The van der Waals surface area contributed by atoms with Gasteiger partial charge in [0.15, 0.2) is 0 Å². The number of rotatable bonds is 3. The Kier molecular flexibility index (Phi) is 3.72. The molecule has 1 aliphatic heterocycles. The highest BCUT2D eigenvalue weighted by atomic mass is 32.1. The molecule has 3 heterocycles. The van der Waals surface area contributed by atoms with E-state index in [0.717, 1.165) is 13.1 Å². The van der Waals surface area contributed by atoms with Crippen LogP contribution in [0.2, 0.25) is 0 Å². The molecule has 1 saturated heterocycles. The summed E-state index contributed by atoms with van der Waals surface area (Å²) >= 11 is 3.53. The van der Waals surface area contributed by atoms with Gasteiger partial charge in [-0.25, -0.2) is 9.97 Å². The second-order valence-electron chi connectivity index (χ2n) is 4.86. The number of likely N-dealkylation sites (tertiary alicyclic amines) is 1. The van der Waals surface area contributed by atoms with E-state index in [4.69, 9.17) is 0 Å². The van der Waals surface area contributed by atoms with E-state index in [-0.39, 0.29) is 0 Å². The Labute approximate surface area is 116 Å². The zero-order valence-electron chi connectivity index (χ0n) is 10.5. The fourth-order valence-electron chi connectivity index (χ4n) is 2.51. The molecule has 0 aromatic carbocycles. The van der Waals surface area contributed by atoms with Crippen LogP contribution in [0, 0.1) is 6.92 Å². The van der Waals surface area contributed by atoms with Crippen LogP contribution >= 0.6 is 22.7 Å². The fourth-order valence-corrected chi connectivity index (χ4v) is 3.96. The maximum atomic E-state index is 4.55. The molecule has 0 unspecified atom stereocenters. The Morgan fingerprint density at radius 1 is 1.44 bits per heavy atom. The third-order valence-electron chi connectivity index (χ3n) is 3.36. The van der Waals surface area contributed by atoms with Gasteiger partial charge in [-0.15, -0.1) is 22.7 Å². The van der Waals surface area contributed by atoms with Crippen molar-refractivity contribution >= 4 is 22.7 Å². The molecular formula is C13H17N3S2. The summed E-state index contributed by atoms with van der Waals surface area (Å²) in [5, 5.41) is 3.47. The summed E-state index contributed by atoms with van der Waals surface area (Å²) in [4.78, 5) is 12.8. The molecule has 1 atom stereocenters. The van der Waals surface area contributed by atoms with Gasteiger partial charge in [0.05, 0.1) is 16.2 Å². The first kappa shape index (κ1) is 12.3. The van der Waals surface area contributed by atoms with Gasteiger partial charge in [0.25, 0.3) is 0 Å². The number of aromatic nitrogens is 2. The van der Waals surface area contributed by atoms with Gasteiger partial charge >= 0.3 is 0 Å². The van der Waals surface area contributed by atoms with Gasteiger partial charge in [-0.3, -0.25) is 4.90 Å². The molecule has 3 nitrogen and oxygen atoms in total. The predicted molar refractivity (Wildman–Crippen MR) is 76.2 cm³/mol. The Bertz CT molecular complexity index is 492. The standard InChI is InChI=1S/C13H17N3S2/c1-10-5-14-13(18-10)11-3-2-4-16(6-11)7-12-8-17-9-15-12/h5,8-9,11H,2-4,6-7H2,1H3/t11-/m1/s1.